The van der Waals surface area contributed by atoms with Gasteiger partial charge in [-0.2, -0.15) is 11.8 Å². The Bertz CT molecular complexity index is 236. The fourth-order valence-electron chi connectivity index (χ4n) is 2.17. The lowest BCUT2D eigenvalue weighted by Crippen LogP contribution is -2.44. The van der Waals surface area contributed by atoms with E-state index in [0.29, 0.717) is 19.0 Å². The van der Waals surface area contributed by atoms with Gasteiger partial charge in [-0.15, -0.1) is 0 Å². The number of carbonyl (C=O) groups excluding carboxylic acids is 1. The topological polar surface area (TPSA) is 46.3 Å². The lowest BCUT2D eigenvalue weighted by molar-refractivity contribution is -0.135. The first-order valence-electron chi connectivity index (χ1n) is 5.99. The summed E-state index contributed by atoms with van der Waals surface area (Å²) in [5.41, 5.74) is 5.91. The fourth-order valence-corrected chi connectivity index (χ4v) is 2.88. The van der Waals surface area contributed by atoms with E-state index in [4.69, 9.17) is 5.73 Å². The molecule has 1 amide bonds. The number of nitrogens with zero attached hydrogens (tertiary/aromatic N) is 1. The van der Waals surface area contributed by atoms with Gasteiger partial charge in [0.05, 0.1) is 0 Å². The summed E-state index contributed by atoms with van der Waals surface area (Å²) in [5, 5.41) is 0. The quantitative estimate of drug-likeness (QED) is 0.774. The molecule has 1 fully saturated rings. The zero-order valence-electron chi connectivity index (χ0n) is 10.7. The number of thioether (sulfide) groups is 1. The number of hydrogen-bond donors (Lipinski definition) is 1. The van der Waals surface area contributed by atoms with Crippen LogP contribution in [0.2, 0.25) is 0 Å². The maximum Gasteiger partial charge on any atom is 0.223 e. The summed E-state index contributed by atoms with van der Waals surface area (Å²) < 4.78 is 0. The standard InChI is InChI=1S/C12H24N2OS/c1-10(8-16-3)14(2)11(15)7-12(9-13)5-4-6-12/h10H,4-9,13H2,1-3H3. The number of amides is 1. The molecule has 0 aromatic heterocycles. The molecule has 16 heavy (non-hydrogen) atoms. The van der Waals surface area contributed by atoms with E-state index < -0.39 is 0 Å². The molecule has 0 saturated heterocycles. The van der Waals surface area contributed by atoms with Crippen molar-refractivity contribution in [2.24, 2.45) is 11.1 Å². The summed E-state index contributed by atoms with van der Waals surface area (Å²) in [6.45, 7) is 2.76. The highest BCUT2D eigenvalue weighted by Gasteiger charge is 2.38. The van der Waals surface area contributed by atoms with Gasteiger partial charge in [0.1, 0.15) is 0 Å². The summed E-state index contributed by atoms with van der Waals surface area (Å²) in [6.07, 6.45) is 6.19. The lowest BCUT2D eigenvalue weighted by atomic mass is 9.66. The number of nitrogens with two attached hydrogens (primary N) is 1. The highest BCUT2D eigenvalue weighted by atomic mass is 32.2. The smallest absolute Gasteiger partial charge is 0.223 e. The predicted molar refractivity (Wildman–Crippen MR) is 70.6 cm³/mol. The second kappa shape index (κ2) is 5.92. The van der Waals surface area contributed by atoms with E-state index in [1.54, 1.807) is 11.8 Å². The molecule has 1 unspecified atom stereocenters. The molecule has 0 aliphatic heterocycles. The summed E-state index contributed by atoms with van der Waals surface area (Å²) in [5.74, 6) is 1.25. The van der Waals surface area contributed by atoms with E-state index in [2.05, 4.69) is 13.2 Å². The first kappa shape index (κ1) is 13.8. The molecule has 0 aromatic rings. The van der Waals surface area contributed by atoms with Gasteiger partial charge in [-0.25, -0.2) is 0 Å². The fraction of sp³-hybridized carbons (Fsp3) is 0.917. The Morgan fingerprint density at radius 1 is 1.56 bits per heavy atom. The molecular formula is C12H24N2OS. The van der Waals surface area contributed by atoms with Crippen LogP contribution >= 0.6 is 11.8 Å². The monoisotopic (exact) mass is 244 g/mol. The van der Waals surface area contributed by atoms with Gasteiger partial charge in [-0.05, 0) is 38.0 Å². The first-order chi connectivity index (χ1) is 7.54. The van der Waals surface area contributed by atoms with Gasteiger partial charge in [0.2, 0.25) is 5.91 Å². The Morgan fingerprint density at radius 2 is 2.19 bits per heavy atom. The van der Waals surface area contributed by atoms with Gasteiger partial charge in [0.15, 0.2) is 0 Å². The molecule has 0 spiro atoms. The van der Waals surface area contributed by atoms with Crippen LogP contribution in [0.1, 0.15) is 32.6 Å². The van der Waals surface area contributed by atoms with Crippen molar-refractivity contribution in [3.05, 3.63) is 0 Å². The minimum atomic E-state index is 0.129. The normalized spacial score (nSPS) is 20.0. The maximum absolute atomic E-state index is 12.1. The van der Waals surface area contributed by atoms with Crippen molar-refractivity contribution < 1.29 is 4.79 Å². The van der Waals surface area contributed by atoms with Gasteiger partial charge < -0.3 is 10.6 Å². The predicted octanol–water partition coefficient (Wildman–Crippen LogP) is 1.72. The van der Waals surface area contributed by atoms with E-state index in [-0.39, 0.29) is 11.3 Å². The van der Waals surface area contributed by atoms with Crippen molar-refractivity contribution in [2.75, 3.05) is 25.6 Å². The van der Waals surface area contributed by atoms with Crippen LogP contribution in [0.4, 0.5) is 0 Å². The summed E-state index contributed by atoms with van der Waals surface area (Å²) in [7, 11) is 1.91. The zero-order chi connectivity index (χ0) is 12.2. The zero-order valence-corrected chi connectivity index (χ0v) is 11.5. The molecule has 0 heterocycles. The van der Waals surface area contributed by atoms with Crippen LogP contribution < -0.4 is 5.73 Å². The second-order valence-electron chi connectivity index (χ2n) is 5.04. The molecule has 1 saturated carbocycles. The van der Waals surface area contributed by atoms with Gasteiger partial charge in [0.25, 0.3) is 0 Å². The van der Waals surface area contributed by atoms with E-state index in [1.165, 1.54) is 6.42 Å². The lowest BCUT2D eigenvalue weighted by Gasteiger charge is -2.41. The Balaban J connectivity index is 2.44. The molecule has 1 aliphatic rings. The average molecular weight is 244 g/mol. The molecule has 0 aromatic carbocycles. The molecule has 4 heteroatoms. The van der Waals surface area contributed by atoms with Crippen LogP contribution in [0.25, 0.3) is 0 Å². The maximum atomic E-state index is 12.1. The number of carbonyl (C=O) groups is 1. The molecule has 2 N–H and O–H groups in total. The van der Waals surface area contributed by atoms with Crippen LogP contribution in [0.15, 0.2) is 0 Å². The summed E-state index contributed by atoms with van der Waals surface area (Å²) in [4.78, 5) is 14.0. The summed E-state index contributed by atoms with van der Waals surface area (Å²) in [6, 6.07) is 0.317. The average Bonchev–Trinajstić information content (AvgIpc) is 2.22. The molecule has 1 atom stereocenters. The van der Waals surface area contributed by atoms with E-state index in [9.17, 15) is 4.79 Å². The minimum Gasteiger partial charge on any atom is -0.342 e. The Morgan fingerprint density at radius 3 is 2.56 bits per heavy atom. The first-order valence-corrected chi connectivity index (χ1v) is 7.39. The SMILES string of the molecule is CSCC(C)N(C)C(=O)CC1(CN)CCC1. The Hall–Kier alpha value is -0.220. The minimum absolute atomic E-state index is 0.129. The molecule has 94 valence electrons. The van der Waals surface area contributed by atoms with Gasteiger partial charge in [-0.3, -0.25) is 4.79 Å². The van der Waals surface area contributed by atoms with Crippen molar-refractivity contribution >= 4 is 17.7 Å². The molecular weight excluding hydrogens is 220 g/mol. The van der Waals surface area contributed by atoms with Crippen molar-refractivity contribution in [2.45, 2.75) is 38.6 Å². The van der Waals surface area contributed by atoms with Crippen molar-refractivity contribution in [1.29, 1.82) is 0 Å². The van der Waals surface area contributed by atoms with Crippen LogP contribution in [-0.2, 0) is 4.79 Å². The third-order valence-electron chi connectivity index (χ3n) is 3.84. The molecule has 3 nitrogen and oxygen atoms in total. The van der Waals surface area contributed by atoms with Gasteiger partial charge in [-0.1, -0.05) is 6.42 Å². The molecule has 0 radical (unpaired) electrons. The van der Waals surface area contributed by atoms with Gasteiger partial charge >= 0.3 is 0 Å². The Labute approximate surface area is 103 Å². The van der Waals surface area contributed by atoms with Gasteiger partial charge in [0, 0.05) is 25.3 Å². The van der Waals surface area contributed by atoms with Crippen LogP contribution in [0, 0.1) is 5.41 Å². The third kappa shape index (κ3) is 3.14. The summed E-state index contributed by atoms with van der Waals surface area (Å²) >= 11 is 1.78. The Kier molecular flexibility index (Phi) is 5.12. The largest absolute Gasteiger partial charge is 0.342 e. The third-order valence-corrected chi connectivity index (χ3v) is 4.65. The van der Waals surface area contributed by atoms with Crippen LogP contribution in [0.3, 0.4) is 0 Å². The van der Waals surface area contributed by atoms with E-state index in [1.807, 2.05) is 11.9 Å². The van der Waals surface area contributed by atoms with Crippen molar-refractivity contribution in [3.8, 4) is 0 Å². The highest BCUT2D eigenvalue weighted by molar-refractivity contribution is 7.98. The second-order valence-corrected chi connectivity index (χ2v) is 5.95. The number of hydrogen-bond acceptors (Lipinski definition) is 3. The van der Waals surface area contributed by atoms with E-state index in [0.717, 1.165) is 18.6 Å². The number of rotatable bonds is 6. The highest BCUT2D eigenvalue weighted by Crippen LogP contribution is 2.43. The molecule has 1 aliphatic carbocycles. The molecule has 0 bridgehead atoms. The van der Waals surface area contributed by atoms with Crippen molar-refractivity contribution in [1.82, 2.24) is 4.90 Å². The van der Waals surface area contributed by atoms with Crippen molar-refractivity contribution in [3.63, 3.8) is 0 Å². The molecule has 1 rings (SSSR count). The van der Waals surface area contributed by atoms with E-state index >= 15 is 0 Å². The van der Waals surface area contributed by atoms with Crippen LogP contribution in [-0.4, -0.2) is 42.4 Å². The van der Waals surface area contributed by atoms with Crippen LogP contribution in [0.5, 0.6) is 0 Å².